The second-order valence-electron chi connectivity index (χ2n) is 5.10. The normalized spacial score (nSPS) is 10.4. The Morgan fingerprint density at radius 2 is 2.17 bits per heavy atom. The lowest BCUT2D eigenvalue weighted by molar-refractivity contribution is 0.102. The first-order chi connectivity index (χ1) is 11.7. The Labute approximate surface area is 144 Å². The number of ether oxygens (including phenoxy) is 1. The van der Waals surface area contributed by atoms with Gasteiger partial charge in [0.25, 0.3) is 5.91 Å². The molecule has 0 unspecified atom stereocenters. The SMILES string of the molecule is CCOc1ccc(C(=O)Nc2cccc(-c3csc(C)n3)c2)cn1. The molecule has 5 nitrogen and oxygen atoms in total. The molecule has 0 saturated carbocycles. The molecule has 3 aromatic rings. The number of thiazole rings is 1. The quantitative estimate of drug-likeness (QED) is 0.758. The predicted molar refractivity (Wildman–Crippen MR) is 95.6 cm³/mol. The maximum absolute atomic E-state index is 12.3. The van der Waals surface area contributed by atoms with Crippen LogP contribution in [-0.4, -0.2) is 22.5 Å². The Bertz CT molecular complexity index is 843. The average Bonchev–Trinajstić information content (AvgIpc) is 3.03. The molecule has 2 aromatic heterocycles. The van der Waals surface area contributed by atoms with Crippen molar-refractivity contribution in [2.24, 2.45) is 0 Å². The van der Waals surface area contributed by atoms with Crippen molar-refractivity contribution in [1.82, 2.24) is 9.97 Å². The molecule has 0 atom stereocenters. The number of amides is 1. The van der Waals surface area contributed by atoms with E-state index in [0.717, 1.165) is 22.0 Å². The molecule has 0 spiro atoms. The lowest BCUT2D eigenvalue weighted by Crippen LogP contribution is -2.12. The zero-order valence-electron chi connectivity index (χ0n) is 13.4. The molecule has 0 aliphatic rings. The van der Waals surface area contributed by atoms with Gasteiger partial charge in [-0.25, -0.2) is 9.97 Å². The van der Waals surface area contributed by atoms with Crippen LogP contribution in [0.15, 0.2) is 48.0 Å². The molecule has 2 heterocycles. The van der Waals surface area contributed by atoms with Crippen molar-refractivity contribution >= 4 is 22.9 Å². The maximum Gasteiger partial charge on any atom is 0.257 e. The van der Waals surface area contributed by atoms with Crippen LogP contribution in [0.3, 0.4) is 0 Å². The summed E-state index contributed by atoms with van der Waals surface area (Å²) >= 11 is 1.60. The van der Waals surface area contributed by atoms with Crippen molar-refractivity contribution in [1.29, 1.82) is 0 Å². The highest BCUT2D eigenvalue weighted by Crippen LogP contribution is 2.24. The van der Waals surface area contributed by atoms with Crippen LogP contribution in [-0.2, 0) is 0 Å². The molecule has 3 rings (SSSR count). The Hall–Kier alpha value is -2.73. The van der Waals surface area contributed by atoms with Gasteiger partial charge in [0, 0.05) is 28.9 Å². The lowest BCUT2D eigenvalue weighted by Gasteiger charge is -2.07. The number of nitrogens with zero attached hydrogens (tertiary/aromatic N) is 2. The van der Waals surface area contributed by atoms with Gasteiger partial charge in [-0.05, 0) is 32.0 Å². The molecule has 0 fully saturated rings. The van der Waals surface area contributed by atoms with Gasteiger partial charge in [-0.1, -0.05) is 12.1 Å². The first-order valence-electron chi connectivity index (χ1n) is 7.58. The lowest BCUT2D eigenvalue weighted by atomic mass is 10.1. The van der Waals surface area contributed by atoms with E-state index in [2.05, 4.69) is 15.3 Å². The van der Waals surface area contributed by atoms with Crippen molar-refractivity contribution in [2.45, 2.75) is 13.8 Å². The van der Waals surface area contributed by atoms with E-state index in [4.69, 9.17) is 4.74 Å². The van der Waals surface area contributed by atoms with E-state index >= 15 is 0 Å². The average molecular weight is 339 g/mol. The Balaban J connectivity index is 1.74. The number of carbonyl (C=O) groups excluding carboxylic acids is 1. The fourth-order valence-electron chi connectivity index (χ4n) is 2.20. The molecular formula is C18H17N3O2S. The zero-order chi connectivity index (χ0) is 16.9. The number of rotatable bonds is 5. The van der Waals surface area contributed by atoms with Gasteiger partial charge >= 0.3 is 0 Å². The number of nitrogens with one attached hydrogen (secondary N) is 1. The minimum absolute atomic E-state index is 0.211. The highest BCUT2D eigenvalue weighted by Gasteiger charge is 2.09. The highest BCUT2D eigenvalue weighted by atomic mass is 32.1. The van der Waals surface area contributed by atoms with Crippen molar-refractivity contribution < 1.29 is 9.53 Å². The minimum Gasteiger partial charge on any atom is -0.478 e. The molecule has 1 aromatic carbocycles. The van der Waals surface area contributed by atoms with Crippen LogP contribution in [0.1, 0.15) is 22.3 Å². The van der Waals surface area contributed by atoms with Gasteiger partial charge in [-0.2, -0.15) is 0 Å². The Morgan fingerprint density at radius 1 is 1.29 bits per heavy atom. The number of benzene rings is 1. The predicted octanol–water partition coefficient (Wildman–Crippen LogP) is 4.16. The van der Waals surface area contributed by atoms with Gasteiger partial charge in [-0.3, -0.25) is 4.79 Å². The van der Waals surface area contributed by atoms with E-state index in [1.165, 1.54) is 6.20 Å². The third kappa shape index (κ3) is 3.78. The molecule has 0 saturated heterocycles. The molecule has 24 heavy (non-hydrogen) atoms. The second kappa shape index (κ2) is 7.23. The fourth-order valence-corrected chi connectivity index (χ4v) is 2.83. The van der Waals surface area contributed by atoms with Crippen LogP contribution < -0.4 is 10.1 Å². The first kappa shape index (κ1) is 16.1. The number of anilines is 1. The third-order valence-corrected chi connectivity index (χ3v) is 4.10. The molecule has 0 bridgehead atoms. The van der Waals surface area contributed by atoms with Gasteiger partial charge in [0.2, 0.25) is 5.88 Å². The number of hydrogen-bond acceptors (Lipinski definition) is 5. The van der Waals surface area contributed by atoms with Crippen LogP contribution in [0.4, 0.5) is 5.69 Å². The molecule has 0 aliphatic carbocycles. The van der Waals surface area contributed by atoms with E-state index in [-0.39, 0.29) is 5.91 Å². The standard InChI is InChI=1S/C18H17N3O2S/c1-3-23-17-8-7-14(10-19-17)18(22)21-15-6-4-5-13(9-15)16-11-24-12(2)20-16/h4-11H,3H2,1-2H3,(H,21,22). The van der Waals surface area contributed by atoms with E-state index in [0.29, 0.717) is 18.1 Å². The number of aromatic nitrogens is 2. The highest BCUT2D eigenvalue weighted by molar-refractivity contribution is 7.09. The first-order valence-corrected chi connectivity index (χ1v) is 8.46. The van der Waals surface area contributed by atoms with Gasteiger partial charge < -0.3 is 10.1 Å². The molecule has 1 amide bonds. The van der Waals surface area contributed by atoms with Crippen molar-refractivity contribution in [2.75, 3.05) is 11.9 Å². The summed E-state index contributed by atoms with van der Waals surface area (Å²) in [4.78, 5) is 20.9. The Kier molecular flexibility index (Phi) is 4.86. The Morgan fingerprint density at radius 3 is 2.83 bits per heavy atom. The van der Waals surface area contributed by atoms with Crippen LogP contribution in [0.5, 0.6) is 5.88 Å². The monoisotopic (exact) mass is 339 g/mol. The summed E-state index contributed by atoms with van der Waals surface area (Å²) in [5.41, 5.74) is 3.09. The van der Waals surface area contributed by atoms with Gasteiger partial charge in [0.1, 0.15) is 0 Å². The molecular weight excluding hydrogens is 322 g/mol. The summed E-state index contributed by atoms with van der Waals surface area (Å²) in [6.45, 7) is 4.40. The second-order valence-corrected chi connectivity index (χ2v) is 6.17. The van der Waals surface area contributed by atoms with Gasteiger partial charge in [-0.15, -0.1) is 11.3 Å². The molecule has 0 radical (unpaired) electrons. The van der Waals surface area contributed by atoms with Gasteiger partial charge in [0.15, 0.2) is 0 Å². The topological polar surface area (TPSA) is 64.1 Å². The number of aryl methyl sites for hydroxylation is 1. The smallest absolute Gasteiger partial charge is 0.257 e. The van der Waals surface area contributed by atoms with E-state index in [1.54, 1.807) is 23.5 Å². The molecule has 1 N–H and O–H groups in total. The summed E-state index contributed by atoms with van der Waals surface area (Å²) in [5, 5.41) is 5.90. The molecule has 122 valence electrons. The maximum atomic E-state index is 12.3. The largest absolute Gasteiger partial charge is 0.478 e. The van der Waals surface area contributed by atoms with Crippen LogP contribution in [0.2, 0.25) is 0 Å². The van der Waals surface area contributed by atoms with Crippen molar-refractivity contribution in [3.8, 4) is 17.1 Å². The number of hydrogen-bond donors (Lipinski definition) is 1. The van der Waals surface area contributed by atoms with Crippen LogP contribution >= 0.6 is 11.3 Å². The fraction of sp³-hybridized carbons (Fsp3) is 0.167. The summed E-state index contributed by atoms with van der Waals surface area (Å²) in [5.74, 6) is 0.298. The van der Waals surface area contributed by atoms with Crippen LogP contribution in [0, 0.1) is 6.92 Å². The molecule has 0 aliphatic heterocycles. The van der Waals surface area contributed by atoms with Crippen molar-refractivity contribution in [3.05, 3.63) is 58.5 Å². The van der Waals surface area contributed by atoms with E-state index in [1.807, 2.05) is 43.5 Å². The number of carbonyl (C=O) groups is 1. The summed E-state index contributed by atoms with van der Waals surface area (Å²) < 4.78 is 5.28. The van der Waals surface area contributed by atoms with Crippen molar-refractivity contribution in [3.63, 3.8) is 0 Å². The van der Waals surface area contributed by atoms with Crippen LogP contribution in [0.25, 0.3) is 11.3 Å². The van der Waals surface area contributed by atoms with E-state index in [9.17, 15) is 4.79 Å². The van der Waals surface area contributed by atoms with E-state index < -0.39 is 0 Å². The zero-order valence-corrected chi connectivity index (χ0v) is 14.3. The summed E-state index contributed by atoms with van der Waals surface area (Å²) in [6, 6.07) is 11.0. The summed E-state index contributed by atoms with van der Waals surface area (Å²) in [6.07, 6.45) is 1.51. The third-order valence-electron chi connectivity index (χ3n) is 3.33. The van der Waals surface area contributed by atoms with Gasteiger partial charge in [0.05, 0.1) is 22.9 Å². The minimum atomic E-state index is -0.211. The number of pyridine rings is 1. The molecule has 6 heteroatoms. The summed E-state index contributed by atoms with van der Waals surface area (Å²) in [7, 11) is 0.